The molecule has 0 aromatic heterocycles. The highest BCUT2D eigenvalue weighted by molar-refractivity contribution is 9.10. The summed E-state index contributed by atoms with van der Waals surface area (Å²) in [6.45, 7) is 1.82. The van der Waals surface area contributed by atoms with Gasteiger partial charge in [0.15, 0.2) is 5.96 Å². The van der Waals surface area contributed by atoms with Crippen molar-refractivity contribution in [3.05, 3.63) is 27.2 Å². The van der Waals surface area contributed by atoms with Gasteiger partial charge in [-0.25, -0.2) is 4.79 Å². The van der Waals surface area contributed by atoms with E-state index in [2.05, 4.69) is 21.2 Å². The van der Waals surface area contributed by atoms with E-state index in [0.717, 1.165) is 14.9 Å². The maximum absolute atomic E-state index is 11.7. The molecular formula is C10H12BrClN4O. The molecule has 0 aliphatic rings. The second-order valence-corrected chi connectivity index (χ2v) is 4.78. The summed E-state index contributed by atoms with van der Waals surface area (Å²) in [6.07, 6.45) is 0. The Morgan fingerprint density at radius 1 is 1.59 bits per heavy atom. The van der Waals surface area contributed by atoms with Gasteiger partial charge in [-0.15, -0.1) is 0 Å². The van der Waals surface area contributed by atoms with Gasteiger partial charge in [-0.3, -0.25) is 10.3 Å². The number of aryl methyl sites for hydroxylation is 1. The molecule has 2 amide bonds. The van der Waals surface area contributed by atoms with Gasteiger partial charge in [0.25, 0.3) is 0 Å². The van der Waals surface area contributed by atoms with Crippen LogP contribution >= 0.6 is 27.5 Å². The lowest BCUT2D eigenvalue weighted by atomic mass is 10.2. The summed E-state index contributed by atoms with van der Waals surface area (Å²) in [4.78, 5) is 12.7. The lowest BCUT2D eigenvalue weighted by Crippen LogP contribution is -2.40. The molecule has 1 aromatic carbocycles. The highest BCUT2D eigenvalue weighted by Crippen LogP contribution is 2.29. The Bertz CT molecular complexity index is 454. The Labute approximate surface area is 113 Å². The van der Waals surface area contributed by atoms with Crippen LogP contribution in [0.4, 0.5) is 10.5 Å². The highest BCUT2D eigenvalue weighted by atomic mass is 79.9. The summed E-state index contributed by atoms with van der Waals surface area (Å²) in [5, 5.41) is 10.2. The van der Waals surface area contributed by atoms with Crippen molar-refractivity contribution < 1.29 is 4.79 Å². The van der Waals surface area contributed by atoms with Crippen LogP contribution in [0.25, 0.3) is 0 Å². The van der Waals surface area contributed by atoms with E-state index in [0.29, 0.717) is 10.7 Å². The molecule has 0 saturated heterocycles. The van der Waals surface area contributed by atoms with E-state index in [1.807, 2.05) is 13.0 Å². The van der Waals surface area contributed by atoms with Crippen LogP contribution < -0.4 is 11.1 Å². The normalized spacial score (nSPS) is 9.88. The Kier molecular flexibility index (Phi) is 4.36. The lowest BCUT2D eigenvalue weighted by Gasteiger charge is -2.17. The van der Waals surface area contributed by atoms with Crippen LogP contribution in [0, 0.1) is 12.3 Å². The number of amides is 2. The van der Waals surface area contributed by atoms with Crippen LogP contribution in [0.3, 0.4) is 0 Å². The predicted octanol–water partition coefficient (Wildman–Crippen LogP) is 2.77. The number of nitrogens with zero attached hydrogens (tertiary/aromatic N) is 1. The number of benzene rings is 1. The first-order valence-corrected chi connectivity index (χ1v) is 5.84. The second-order valence-electron chi connectivity index (χ2n) is 3.45. The molecule has 92 valence electrons. The first-order chi connectivity index (χ1) is 7.82. The fourth-order valence-corrected chi connectivity index (χ4v) is 2.18. The summed E-state index contributed by atoms with van der Waals surface area (Å²) < 4.78 is 0.831. The SMILES string of the molecule is Cc1cc(Br)cc(Cl)c1NC(=O)N(C)C(=N)N. The summed E-state index contributed by atoms with van der Waals surface area (Å²) in [7, 11) is 1.40. The largest absolute Gasteiger partial charge is 0.370 e. The van der Waals surface area contributed by atoms with Crippen LogP contribution in [0.2, 0.25) is 5.02 Å². The molecule has 0 bridgehead atoms. The summed E-state index contributed by atoms with van der Waals surface area (Å²) >= 11 is 9.32. The fraction of sp³-hybridized carbons (Fsp3) is 0.200. The number of carbonyl (C=O) groups is 1. The van der Waals surface area contributed by atoms with Gasteiger partial charge in [0.05, 0.1) is 10.7 Å². The van der Waals surface area contributed by atoms with Gasteiger partial charge in [0.2, 0.25) is 0 Å². The number of hydrogen-bond acceptors (Lipinski definition) is 2. The number of guanidine groups is 1. The Morgan fingerprint density at radius 2 is 2.18 bits per heavy atom. The minimum atomic E-state index is -0.509. The third-order valence-corrected chi connectivity index (χ3v) is 2.91. The van der Waals surface area contributed by atoms with Gasteiger partial charge < -0.3 is 11.1 Å². The second kappa shape index (κ2) is 5.37. The van der Waals surface area contributed by atoms with Crippen LogP contribution in [-0.2, 0) is 0 Å². The minimum absolute atomic E-state index is 0.339. The molecule has 0 spiro atoms. The van der Waals surface area contributed by atoms with E-state index < -0.39 is 6.03 Å². The van der Waals surface area contributed by atoms with Crippen LogP contribution in [0.1, 0.15) is 5.56 Å². The molecule has 0 fully saturated rings. The van der Waals surface area contributed by atoms with Gasteiger partial charge in [0, 0.05) is 11.5 Å². The number of carbonyl (C=O) groups excluding carboxylic acids is 1. The summed E-state index contributed by atoms with van der Waals surface area (Å²) in [5.41, 5.74) is 6.52. The van der Waals surface area contributed by atoms with Crippen molar-refractivity contribution in [1.82, 2.24) is 4.90 Å². The third kappa shape index (κ3) is 3.34. The van der Waals surface area contributed by atoms with E-state index >= 15 is 0 Å². The van der Waals surface area contributed by atoms with Crippen molar-refractivity contribution in [2.45, 2.75) is 6.92 Å². The predicted molar refractivity (Wildman–Crippen MR) is 72.6 cm³/mol. The fourth-order valence-electron chi connectivity index (χ4n) is 1.16. The highest BCUT2D eigenvalue weighted by Gasteiger charge is 2.14. The molecule has 0 aliphatic heterocycles. The van der Waals surface area contributed by atoms with Crippen molar-refractivity contribution in [3.63, 3.8) is 0 Å². The molecule has 17 heavy (non-hydrogen) atoms. The molecular weight excluding hydrogens is 307 g/mol. The minimum Gasteiger partial charge on any atom is -0.370 e. The maximum Gasteiger partial charge on any atom is 0.328 e. The van der Waals surface area contributed by atoms with Crippen molar-refractivity contribution in [2.75, 3.05) is 12.4 Å². The molecule has 0 saturated carbocycles. The molecule has 0 radical (unpaired) electrons. The zero-order valence-corrected chi connectivity index (χ0v) is 11.7. The van der Waals surface area contributed by atoms with E-state index in [1.165, 1.54) is 7.05 Å². The lowest BCUT2D eigenvalue weighted by molar-refractivity contribution is 0.238. The monoisotopic (exact) mass is 318 g/mol. The standard InChI is InChI=1S/C10H12BrClN4O/c1-5-3-6(11)4-7(12)8(5)15-10(17)16(2)9(13)14/h3-4H,1-2H3,(H3,13,14)(H,15,17). The van der Waals surface area contributed by atoms with Gasteiger partial charge in [-0.05, 0) is 24.6 Å². The average molecular weight is 320 g/mol. The molecule has 0 atom stereocenters. The van der Waals surface area contributed by atoms with Crippen molar-refractivity contribution in [1.29, 1.82) is 5.41 Å². The quantitative estimate of drug-likeness (QED) is 0.549. The first kappa shape index (κ1) is 13.8. The summed E-state index contributed by atoms with van der Waals surface area (Å²) in [6, 6.07) is 3.00. The van der Waals surface area contributed by atoms with Crippen molar-refractivity contribution >= 4 is 45.2 Å². The van der Waals surface area contributed by atoms with Gasteiger partial charge in [0.1, 0.15) is 0 Å². The topological polar surface area (TPSA) is 82.2 Å². The Hall–Kier alpha value is -1.27. The van der Waals surface area contributed by atoms with Crippen LogP contribution in [0.5, 0.6) is 0 Å². The molecule has 1 rings (SSSR count). The average Bonchev–Trinajstić information content (AvgIpc) is 2.21. The summed E-state index contributed by atoms with van der Waals surface area (Å²) in [5.74, 6) is -0.339. The first-order valence-electron chi connectivity index (χ1n) is 4.67. The molecule has 0 unspecified atom stereocenters. The number of hydrogen-bond donors (Lipinski definition) is 3. The molecule has 0 heterocycles. The maximum atomic E-state index is 11.7. The Morgan fingerprint density at radius 3 is 2.65 bits per heavy atom. The number of urea groups is 1. The molecule has 5 nitrogen and oxygen atoms in total. The zero-order chi connectivity index (χ0) is 13.2. The number of rotatable bonds is 1. The van der Waals surface area contributed by atoms with Crippen LogP contribution in [0.15, 0.2) is 16.6 Å². The van der Waals surface area contributed by atoms with Gasteiger partial charge >= 0.3 is 6.03 Å². The molecule has 1 aromatic rings. The van der Waals surface area contributed by atoms with E-state index in [-0.39, 0.29) is 5.96 Å². The number of anilines is 1. The van der Waals surface area contributed by atoms with E-state index in [9.17, 15) is 4.79 Å². The smallest absolute Gasteiger partial charge is 0.328 e. The van der Waals surface area contributed by atoms with E-state index in [1.54, 1.807) is 6.07 Å². The number of halogens is 2. The zero-order valence-electron chi connectivity index (χ0n) is 9.34. The Balaban J connectivity index is 2.96. The molecule has 7 heteroatoms. The molecule has 0 aliphatic carbocycles. The van der Waals surface area contributed by atoms with Crippen molar-refractivity contribution in [3.8, 4) is 0 Å². The molecule has 4 N–H and O–H groups in total. The third-order valence-electron chi connectivity index (χ3n) is 2.15. The van der Waals surface area contributed by atoms with E-state index in [4.69, 9.17) is 22.7 Å². The van der Waals surface area contributed by atoms with Crippen molar-refractivity contribution in [2.24, 2.45) is 5.73 Å². The van der Waals surface area contributed by atoms with Gasteiger partial charge in [-0.1, -0.05) is 27.5 Å². The number of nitrogens with one attached hydrogen (secondary N) is 2. The van der Waals surface area contributed by atoms with Crippen LogP contribution in [-0.4, -0.2) is 23.9 Å². The number of nitrogens with two attached hydrogens (primary N) is 1. The van der Waals surface area contributed by atoms with Gasteiger partial charge in [-0.2, -0.15) is 0 Å².